The van der Waals surface area contributed by atoms with Gasteiger partial charge in [0.25, 0.3) is 0 Å². The molecule has 1 aromatic heterocycles. The minimum absolute atomic E-state index is 0.0323. The van der Waals surface area contributed by atoms with E-state index in [0.717, 1.165) is 36.4 Å². The normalized spacial score (nSPS) is 18.5. The van der Waals surface area contributed by atoms with Crippen molar-refractivity contribution in [3.63, 3.8) is 0 Å². The van der Waals surface area contributed by atoms with Crippen LogP contribution in [0.2, 0.25) is 0 Å². The topological polar surface area (TPSA) is 113 Å². The minimum Gasteiger partial charge on any atom is -0.375 e. The zero-order valence-electron chi connectivity index (χ0n) is 17.1. The van der Waals surface area contributed by atoms with Crippen molar-refractivity contribution < 1.29 is 12.8 Å². The third-order valence-corrected chi connectivity index (χ3v) is 6.69. The number of nitrogens with one attached hydrogen (secondary N) is 2. The molecular formula is C21H23FN6O2S2. The van der Waals surface area contributed by atoms with Crippen molar-refractivity contribution in [2.24, 2.45) is 5.14 Å². The molecule has 2 heterocycles. The molecule has 2 aliphatic rings. The zero-order chi connectivity index (χ0) is 22.6. The molecule has 1 aliphatic heterocycles. The van der Waals surface area contributed by atoms with E-state index in [4.69, 9.17) is 5.14 Å². The van der Waals surface area contributed by atoms with Gasteiger partial charge >= 0.3 is 0 Å². The number of sulfonamides is 1. The molecule has 1 saturated heterocycles. The molecular weight excluding hydrogens is 451 g/mol. The average Bonchev–Trinajstić information content (AvgIpc) is 2.78. The van der Waals surface area contributed by atoms with Crippen molar-refractivity contribution in [2.75, 3.05) is 35.2 Å². The number of halogens is 1. The summed E-state index contributed by atoms with van der Waals surface area (Å²) >= 11 is 1.96. The SMILES string of the molecule is NS(=O)(=O)c1cccc(Nc2ncc(F)c(NC3C=CC(=CN4CCSCC4)C=C3)n2)c1. The van der Waals surface area contributed by atoms with E-state index in [2.05, 4.69) is 31.7 Å². The Balaban J connectivity index is 1.43. The van der Waals surface area contributed by atoms with E-state index in [-0.39, 0.29) is 22.7 Å². The summed E-state index contributed by atoms with van der Waals surface area (Å²) in [6.45, 7) is 2.08. The largest absolute Gasteiger partial charge is 0.375 e. The highest BCUT2D eigenvalue weighted by molar-refractivity contribution is 7.99. The number of benzene rings is 1. The minimum atomic E-state index is -3.84. The monoisotopic (exact) mass is 474 g/mol. The van der Waals surface area contributed by atoms with Crippen LogP contribution in [0.5, 0.6) is 0 Å². The third kappa shape index (κ3) is 5.87. The standard InChI is InChI=1S/C21H23FN6O2S2/c22-19-13-24-21(26-17-2-1-3-18(12-17)32(23,29)30)27-20(19)25-16-6-4-15(5-7-16)14-28-8-10-31-11-9-28/h1-7,12-14,16H,8-11H2,(H2,23,29,30)(H2,24,25,26,27). The number of aromatic nitrogens is 2. The molecule has 0 saturated carbocycles. The molecule has 168 valence electrons. The fourth-order valence-electron chi connectivity index (χ4n) is 3.22. The molecule has 4 N–H and O–H groups in total. The third-order valence-electron chi connectivity index (χ3n) is 4.84. The van der Waals surface area contributed by atoms with Gasteiger partial charge in [-0.2, -0.15) is 16.7 Å². The smallest absolute Gasteiger partial charge is 0.238 e. The maximum atomic E-state index is 14.3. The molecule has 2 aromatic rings. The summed E-state index contributed by atoms with van der Waals surface area (Å²) in [5.74, 6) is 1.83. The summed E-state index contributed by atoms with van der Waals surface area (Å²) < 4.78 is 37.4. The summed E-state index contributed by atoms with van der Waals surface area (Å²) in [5.41, 5.74) is 1.51. The van der Waals surface area contributed by atoms with Gasteiger partial charge in [0.2, 0.25) is 16.0 Å². The summed E-state index contributed by atoms with van der Waals surface area (Å²) in [5, 5.41) is 11.1. The fourth-order valence-corrected chi connectivity index (χ4v) is 4.71. The maximum Gasteiger partial charge on any atom is 0.238 e. The number of hydrogen-bond donors (Lipinski definition) is 3. The van der Waals surface area contributed by atoms with Crippen LogP contribution < -0.4 is 15.8 Å². The van der Waals surface area contributed by atoms with Gasteiger partial charge in [-0.05, 0) is 23.8 Å². The molecule has 0 unspecified atom stereocenters. The van der Waals surface area contributed by atoms with Gasteiger partial charge in [-0.1, -0.05) is 30.4 Å². The lowest BCUT2D eigenvalue weighted by molar-refractivity contribution is 0.415. The van der Waals surface area contributed by atoms with Gasteiger partial charge in [-0.3, -0.25) is 0 Å². The number of allylic oxidation sites excluding steroid dienone is 3. The second-order valence-corrected chi connectivity index (χ2v) is 10.0. The van der Waals surface area contributed by atoms with Crippen molar-refractivity contribution in [3.8, 4) is 0 Å². The molecule has 0 radical (unpaired) electrons. The Morgan fingerprint density at radius 3 is 2.69 bits per heavy atom. The quantitative estimate of drug-likeness (QED) is 0.586. The van der Waals surface area contributed by atoms with Gasteiger partial charge in [0, 0.05) is 36.5 Å². The highest BCUT2D eigenvalue weighted by Crippen LogP contribution is 2.21. The molecule has 0 bridgehead atoms. The van der Waals surface area contributed by atoms with Crippen LogP contribution in [-0.4, -0.2) is 53.9 Å². The fraction of sp³-hybridized carbons (Fsp3) is 0.238. The second-order valence-electron chi connectivity index (χ2n) is 7.25. The van der Waals surface area contributed by atoms with Gasteiger partial charge < -0.3 is 15.5 Å². The van der Waals surface area contributed by atoms with E-state index >= 15 is 0 Å². The Morgan fingerprint density at radius 1 is 1.22 bits per heavy atom. The summed E-state index contributed by atoms with van der Waals surface area (Å²) in [7, 11) is -3.84. The highest BCUT2D eigenvalue weighted by Gasteiger charge is 2.14. The average molecular weight is 475 g/mol. The van der Waals surface area contributed by atoms with E-state index in [1.54, 1.807) is 6.07 Å². The first-order valence-electron chi connectivity index (χ1n) is 9.96. The summed E-state index contributed by atoms with van der Waals surface area (Å²) in [6, 6.07) is 5.68. The lowest BCUT2D eigenvalue weighted by atomic mass is 10.1. The highest BCUT2D eigenvalue weighted by atomic mass is 32.2. The molecule has 32 heavy (non-hydrogen) atoms. The predicted molar refractivity (Wildman–Crippen MR) is 126 cm³/mol. The number of rotatable bonds is 6. The molecule has 1 fully saturated rings. The molecule has 0 atom stereocenters. The van der Waals surface area contributed by atoms with Gasteiger partial charge in [0.1, 0.15) is 0 Å². The van der Waals surface area contributed by atoms with E-state index in [1.165, 1.54) is 18.2 Å². The number of thioether (sulfide) groups is 1. The zero-order valence-corrected chi connectivity index (χ0v) is 18.7. The van der Waals surface area contributed by atoms with Crippen LogP contribution in [0, 0.1) is 5.82 Å². The second kappa shape index (κ2) is 9.72. The number of nitrogens with zero attached hydrogens (tertiary/aromatic N) is 3. The number of primary sulfonamides is 1. The van der Waals surface area contributed by atoms with Crippen molar-refractivity contribution in [2.45, 2.75) is 10.9 Å². The van der Waals surface area contributed by atoms with E-state index < -0.39 is 15.8 Å². The molecule has 8 nitrogen and oxygen atoms in total. The van der Waals surface area contributed by atoms with Crippen LogP contribution >= 0.6 is 11.8 Å². The number of hydrogen-bond acceptors (Lipinski definition) is 8. The molecule has 1 aliphatic carbocycles. The van der Waals surface area contributed by atoms with Crippen molar-refractivity contribution in [1.82, 2.24) is 14.9 Å². The first kappa shape index (κ1) is 22.3. The molecule has 0 amide bonds. The maximum absolute atomic E-state index is 14.3. The van der Waals surface area contributed by atoms with Crippen LogP contribution in [-0.2, 0) is 10.0 Å². The van der Waals surface area contributed by atoms with Crippen LogP contribution in [0.4, 0.5) is 21.8 Å². The van der Waals surface area contributed by atoms with Gasteiger partial charge in [0.05, 0.1) is 17.1 Å². The lowest BCUT2D eigenvalue weighted by Crippen LogP contribution is -2.28. The van der Waals surface area contributed by atoms with E-state index in [1.807, 2.05) is 36.1 Å². The van der Waals surface area contributed by atoms with Crippen molar-refractivity contribution >= 4 is 39.2 Å². The predicted octanol–water partition coefficient (Wildman–Crippen LogP) is 2.85. The molecule has 0 spiro atoms. The Bertz CT molecular complexity index is 1160. The van der Waals surface area contributed by atoms with E-state index in [0.29, 0.717) is 5.69 Å². The molecule has 11 heteroatoms. The molecule has 1 aromatic carbocycles. The van der Waals surface area contributed by atoms with Gasteiger partial charge in [-0.25, -0.2) is 22.9 Å². The Hall–Kier alpha value is -2.89. The van der Waals surface area contributed by atoms with Crippen LogP contribution in [0.15, 0.2) is 71.4 Å². The van der Waals surface area contributed by atoms with Crippen LogP contribution in [0.25, 0.3) is 0 Å². The number of nitrogens with two attached hydrogens (primary N) is 1. The van der Waals surface area contributed by atoms with Gasteiger partial charge in [0.15, 0.2) is 11.6 Å². The Morgan fingerprint density at radius 2 is 1.97 bits per heavy atom. The molecule has 4 rings (SSSR count). The van der Waals surface area contributed by atoms with E-state index in [9.17, 15) is 12.8 Å². The van der Waals surface area contributed by atoms with Crippen molar-refractivity contribution in [1.29, 1.82) is 0 Å². The Labute approximate surface area is 190 Å². The summed E-state index contributed by atoms with van der Waals surface area (Å²) in [6.07, 6.45) is 11.1. The summed E-state index contributed by atoms with van der Waals surface area (Å²) in [4.78, 5) is 10.4. The number of anilines is 3. The van der Waals surface area contributed by atoms with Crippen LogP contribution in [0.3, 0.4) is 0 Å². The first-order chi connectivity index (χ1) is 15.4. The Kier molecular flexibility index (Phi) is 6.77. The van der Waals surface area contributed by atoms with Crippen molar-refractivity contribution in [3.05, 3.63) is 72.4 Å². The van der Waals surface area contributed by atoms with Crippen LogP contribution in [0.1, 0.15) is 0 Å². The first-order valence-corrected chi connectivity index (χ1v) is 12.7. The lowest BCUT2D eigenvalue weighted by Gasteiger charge is -2.25. The van der Waals surface area contributed by atoms with Gasteiger partial charge in [-0.15, -0.1) is 0 Å².